The largest absolute Gasteiger partial charge is 0.454 e. The number of hydrogen-bond acceptors (Lipinski definition) is 10. The molecule has 0 aromatic rings. The maximum absolute atomic E-state index is 13.4. The Balaban J connectivity index is 2.58. The van der Waals surface area contributed by atoms with Crippen LogP contribution in [-0.2, 0) is 23.8 Å². The zero-order valence-corrected chi connectivity index (χ0v) is 52.3. The Hall–Kier alpha value is -3.42. The van der Waals surface area contributed by atoms with E-state index in [0.717, 1.165) is 103 Å². The monoisotopic (exact) mass is 1150 g/mol. The molecule has 0 aromatic carbocycles. The van der Waals surface area contributed by atoms with E-state index in [2.05, 4.69) is 111 Å². The van der Waals surface area contributed by atoms with Crippen molar-refractivity contribution < 1.29 is 49.3 Å². The van der Waals surface area contributed by atoms with E-state index in [1.54, 1.807) is 6.08 Å². The number of hydrogen-bond donors (Lipinski definition) is 6. The van der Waals surface area contributed by atoms with Crippen LogP contribution < -0.4 is 5.32 Å². The van der Waals surface area contributed by atoms with Crippen LogP contribution in [0, 0.1) is 0 Å². The number of unbranched alkanes of at least 4 members (excludes halogenated alkanes) is 28. The van der Waals surface area contributed by atoms with Crippen LogP contribution in [-0.4, -0.2) is 99.6 Å². The van der Waals surface area contributed by atoms with Crippen LogP contribution in [0.25, 0.3) is 0 Å². The Kier molecular flexibility index (Phi) is 54.2. The fourth-order valence-corrected chi connectivity index (χ4v) is 9.94. The van der Waals surface area contributed by atoms with Crippen molar-refractivity contribution in [1.82, 2.24) is 5.32 Å². The lowest BCUT2D eigenvalue weighted by molar-refractivity contribution is -0.305. The Bertz CT molecular complexity index is 1700. The van der Waals surface area contributed by atoms with Gasteiger partial charge < -0.3 is 45.1 Å². The molecule has 1 saturated heterocycles. The number of ether oxygens (including phenoxy) is 3. The zero-order valence-electron chi connectivity index (χ0n) is 52.3. The van der Waals surface area contributed by atoms with Crippen LogP contribution in [0.5, 0.6) is 0 Å². The summed E-state index contributed by atoms with van der Waals surface area (Å²) in [6.07, 6.45) is 67.4. The molecular formula is C71H123NO10. The number of aliphatic hydroxyl groups is 5. The Morgan fingerprint density at radius 1 is 0.488 bits per heavy atom. The van der Waals surface area contributed by atoms with Crippen LogP contribution in [0.15, 0.2) is 97.2 Å². The smallest absolute Gasteiger partial charge is 0.306 e. The van der Waals surface area contributed by atoms with Crippen LogP contribution in [0.2, 0.25) is 0 Å². The lowest BCUT2D eigenvalue weighted by atomic mass is 9.99. The van der Waals surface area contributed by atoms with E-state index in [9.17, 15) is 35.1 Å². The summed E-state index contributed by atoms with van der Waals surface area (Å²) < 4.78 is 17.6. The molecule has 6 N–H and O–H groups in total. The Labute approximate surface area is 501 Å². The third-order valence-corrected chi connectivity index (χ3v) is 15.2. The topological polar surface area (TPSA) is 175 Å². The summed E-state index contributed by atoms with van der Waals surface area (Å²) in [5.74, 6) is -1.22. The summed E-state index contributed by atoms with van der Waals surface area (Å²) in [5, 5.41) is 57.0. The van der Waals surface area contributed by atoms with Gasteiger partial charge in [0.25, 0.3) is 0 Å². The SMILES string of the molecule is CC/C=C/C/C=C/C/C=C/CCCCCC(O)C(=O)NC(COC1OC(CO)C(O)C(O)C1OC(=O)CCCCCCCCCCCCC/C=C\C/C=C\C/C=C\C/C=C\CCCCC)C(O)/C=C/CCCCCCCCCCCCC. The van der Waals surface area contributed by atoms with Gasteiger partial charge in [0.2, 0.25) is 5.91 Å². The second-order valence-corrected chi connectivity index (χ2v) is 22.8. The Morgan fingerprint density at radius 2 is 0.878 bits per heavy atom. The highest BCUT2D eigenvalue weighted by Gasteiger charge is 2.47. The number of aliphatic hydroxyl groups excluding tert-OH is 5. The van der Waals surface area contributed by atoms with Gasteiger partial charge in [-0.05, 0) is 103 Å². The molecule has 472 valence electrons. The summed E-state index contributed by atoms with van der Waals surface area (Å²) in [6, 6.07) is -1.04. The van der Waals surface area contributed by atoms with E-state index < -0.39 is 67.4 Å². The highest BCUT2D eigenvalue weighted by Crippen LogP contribution is 2.26. The van der Waals surface area contributed by atoms with Crippen molar-refractivity contribution in [3.05, 3.63) is 97.2 Å². The minimum Gasteiger partial charge on any atom is -0.454 e. The van der Waals surface area contributed by atoms with E-state index in [1.165, 1.54) is 128 Å². The summed E-state index contributed by atoms with van der Waals surface area (Å²) in [7, 11) is 0. The van der Waals surface area contributed by atoms with Gasteiger partial charge in [-0.1, -0.05) is 266 Å². The summed E-state index contributed by atoms with van der Waals surface area (Å²) in [4.78, 5) is 26.6. The molecule has 11 heteroatoms. The molecule has 8 atom stereocenters. The van der Waals surface area contributed by atoms with E-state index in [0.29, 0.717) is 12.8 Å². The van der Waals surface area contributed by atoms with E-state index in [1.807, 2.05) is 6.08 Å². The fourth-order valence-electron chi connectivity index (χ4n) is 9.94. The number of amides is 1. The van der Waals surface area contributed by atoms with Gasteiger partial charge in [-0.25, -0.2) is 0 Å². The zero-order chi connectivity index (χ0) is 59.6. The first-order valence-corrected chi connectivity index (χ1v) is 33.5. The van der Waals surface area contributed by atoms with Gasteiger partial charge in [0.05, 0.1) is 25.4 Å². The van der Waals surface area contributed by atoms with E-state index in [4.69, 9.17) is 14.2 Å². The predicted molar refractivity (Wildman–Crippen MR) is 342 cm³/mol. The van der Waals surface area contributed by atoms with Gasteiger partial charge in [0.15, 0.2) is 12.4 Å². The number of esters is 1. The average molecular weight is 1150 g/mol. The lowest BCUT2D eigenvalue weighted by Crippen LogP contribution is -2.61. The quantitative estimate of drug-likeness (QED) is 0.0195. The molecule has 1 rings (SSSR count). The molecule has 1 aliphatic heterocycles. The van der Waals surface area contributed by atoms with Gasteiger partial charge in [-0.3, -0.25) is 9.59 Å². The standard InChI is InChI=1S/C71H123NO10/c1-4-7-10-13-16-19-22-25-26-27-28-29-30-31-32-33-34-35-36-37-38-41-44-47-50-53-56-59-66(76)82-69-68(78)67(77)65(60-73)81-71(69)80-61-62(63(74)57-54-51-48-45-42-39-23-20-17-14-11-8-5-2)72-70(79)64(75)58-55-52-49-46-43-40-24-21-18-15-12-9-6-3/h9,12,16,18-19,21,25-26,28-29,31-32,40,43,54,57,62-65,67-69,71,73-75,77-78H,4-8,10-11,13-15,17,20,22-24,27,30,33-39,41-42,44-53,55-56,58-61H2,1-3H3,(H,72,79)/b12-9+,19-16-,21-18+,26-25-,29-28-,32-31-,43-40+,57-54+. The van der Waals surface area contributed by atoms with Gasteiger partial charge in [0.1, 0.15) is 24.4 Å². The molecule has 82 heavy (non-hydrogen) atoms. The van der Waals surface area contributed by atoms with E-state index >= 15 is 0 Å². The maximum atomic E-state index is 13.4. The van der Waals surface area contributed by atoms with Crippen LogP contribution in [0.4, 0.5) is 0 Å². The first-order valence-electron chi connectivity index (χ1n) is 33.5. The van der Waals surface area contributed by atoms with Crippen LogP contribution >= 0.6 is 0 Å². The molecule has 1 aliphatic rings. The van der Waals surface area contributed by atoms with Gasteiger partial charge in [0, 0.05) is 6.42 Å². The van der Waals surface area contributed by atoms with Crippen molar-refractivity contribution in [2.75, 3.05) is 13.2 Å². The van der Waals surface area contributed by atoms with Crippen molar-refractivity contribution in [3.63, 3.8) is 0 Å². The van der Waals surface area contributed by atoms with Crippen molar-refractivity contribution >= 4 is 11.9 Å². The van der Waals surface area contributed by atoms with Crippen LogP contribution in [0.3, 0.4) is 0 Å². The van der Waals surface area contributed by atoms with E-state index in [-0.39, 0.29) is 19.4 Å². The molecular weight excluding hydrogens is 1030 g/mol. The molecule has 8 unspecified atom stereocenters. The molecule has 1 fully saturated rings. The summed E-state index contributed by atoms with van der Waals surface area (Å²) in [6.45, 7) is 5.64. The number of carbonyl (C=O) groups excluding carboxylic acids is 2. The molecule has 11 nitrogen and oxygen atoms in total. The highest BCUT2D eigenvalue weighted by molar-refractivity contribution is 5.80. The van der Waals surface area contributed by atoms with Crippen LogP contribution in [0.1, 0.15) is 278 Å². The number of carbonyl (C=O) groups is 2. The molecule has 0 aromatic heterocycles. The normalized spacial score (nSPS) is 19.2. The van der Waals surface area contributed by atoms with Crippen molar-refractivity contribution in [2.24, 2.45) is 0 Å². The number of rotatable bonds is 56. The van der Waals surface area contributed by atoms with Gasteiger partial charge >= 0.3 is 5.97 Å². The first-order chi connectivity index (χ1) is 40.2. The average Bonchev–Trinajstić information content (AvgIpc) is 3.45. The van der Waals surface area contributed by atoms with Crippen molar-refractivity contribution in [2.45, 2.75) is 327 Å². The second-order valence-electron chi connectivity index (χ2n) is 22.8. The summed E-state index contributed by atoms with van der Waals surface area (Å²) >= 11 is 0. The van der Waals surface area contributed by atoms with Gasteiger partial charge in [-0.2, -0.15) is 0 Å². The summed E-state index contributed by atoms with van der Waals surface area (Å²) in [5.41, 5.74) is 0. The third-order valence-electron chi connectivity index (χ3n) is 15.2. The number of nitrogens with one attached hydrogen (secondary N) is 1. The minimum absolute atomic E-state index is 0.113. The second kappa shape index (κ2) is 58.0. The highest BCUT2D eigenvalue weighted by atomic mass is 16.7. The molecule has 1 amide bonds. The lowest BCUT2D eigenvalue weighted by Gasteiger charge is -2.41. The van der Waals surface area contributed by atoms with Gasteiger partial charge in [-0.15, -0.1) is 0 Å². The van der Waals surface area contributed by atoms with Crippen molar-refractivity contribution in [1.29, 1.82) is 0 Å². The third kappa shape index (κ3) is 45.0. The molecule has 0 saturated carbocycles. The maximum Gasteiger partial charge on any atom is 0.306 e. The molecule has 0 bridgehead atoms. The Morgan fingerprint density at radius 3 is 1.34 bits per heavy atom. The first kappa shape index (κ1) is 76.6. The van der Waals surface area contributed by atoms with Crippen molar-refractivity contribution in [3.8, 4) is 0 Å². The molecule has 0 spiro atoms. The molecule has 0 radical (unpaired) electrons. The predicted octanol–water partition coefficient (Wildman–Crippen LogP) is 16.7. The molecule has 1 heterocycles. The minimum atomic E-state index is -1.62. The fraction of sp³-hybridized carbons (Fsp3) is 0.746. The number of allylic oxidation sites excluding steroid dienone is 15. The molecule has 0 aliphatic carbocycles.